The van der Waals surface area contributed by atoms with Gasteiger partial charge in [0.15, 0.2) is 5.11 Å². The maximum atomic E-state index is 5.41. The summed E-state index contributed by atoms with van der Waals surface area (Å²) in [6.45, 7) is 8.95. The molecule has 0 unspecified atom stereocenters. The standard InChI is InChI=1S/C20H27N3OS/c1-5-23(17-8-6-7-15(2)13-17)12-11-21-20(25)22-19-10-9-18(24-4)14-16(19)3/h6-10,13-14H,5,11-12H2,1-4H3,(H2,21,22,25). The molecule has 2 N–H and O–H groups in total. The Bertz CT molecular complexity index is 718. The van der Waals surface area contributed by atoms with E-state index in [9.17, 15) is 0 Å². The highest BCUT2D eigenvalue weighted by Gasteiger charge is 2.06. The Kier molecular flexibility index (Phi) is 7.07. The highest BCUT2D eigenvalue weighted by atomic mass is 32.1. The van der Waals surface area contributed by atoms with Crippen LogP contribution in [0.2, 0.25) is 0 Å². The van der Waals surface area contributed by atoms with Gasteiger partial charge in [0.2, 0.25) is 0 Å². The predicted molar refractivity (Wildman–Crippen MR) is 111 cm³/mol. The van der Waals surface area contributed by atoms with Gasteiger partial charge in [-0.2, -0.15) is 0 Å². The number of ether oxygens (including phenoxy) is 1. The predicted octanol–water partition coefficient (Wildman–Crippen LogP) is 4.12. The second-order valence-corrected chi connectivity index (χ2v) is 6.39. The molecule has 0 aliphatic carbocycles. The summed E-state index contributed by atoms with van der Waals surface area (Å²) in [6, 6.07) is 14.5. The van der Waals surface area contributed by atoms with Gasteiger partial charge in [-0.1, -0.05) is 12.1 Å². The first-order valence-electron chi connectivity index (χ1n) is 8.54. The number of hydrogen-bond donors (Lipinski definition) is 2. The van der Waals surface area contributed by atoms with Crippen LogP contribution in [0.15, 0.2) is 42.5 Å². The maximum Gasteiger partial charge on any atom is 0.170 e. The Hall–Kier alpha value is -2.27. The molecule has 0 saturated heterocycles. The maximum absolute atomic E-state index is 5.41. The molecule has 0 heterocycles. The summed E-state index contributed by atoms with van der Waals surface area (Å²) in [4.78, 5) is 2.33. The number of benzene rings is 2. The molecule has 2 aromatic rings. The first kappa shape index (κ1) is 19.1. The number of hydrogen-bond acceptors (Lipinski definition) is 3. The molecule has 0 aliphatic rings. The van der Waals surface area contributed by atoms with Crippen LogP contribution in [-0.4, -0.2) is 31.9 Å². The third kappa shape index (κ3) is 5.64. The monoisotopic (exact) mass is 357 g/mol. The number of aryl methyl sites for hydroxylation is 2. The Balaban J connectivity index is 1.85. The molecule has 0 saturated carbocycles. The van der Waals surface area contributed by atoms with E-state index in [-0.39, 0.29) is 0 Å². The minimum Gasteiger partial charge on any atom is -0.497 e. The van der Waals surface area contributed by atoms with Gasteiger partial charge in [-0.3, -0.25) is 0 Å². The van der Waals surface area contributed by atoms with Gasteiger partial charge in [-0.15, -0.1) is 0 Å². The normalized spacial score (nSPS) is 10.2. The Morgan fingerprint density at radius 1 is 1.16 bits per heavy atom. The summed E-state index contributed by atoms with van der Waals surface area (Å²) < 4.78 is 5.23. The van der Waals surface area contributed by atoms with E-state index >= 15 is 0 Å². The van der Waals surface area contributed by atoms with Crippen LogP contribution in [0.3, 0.4) is 0 Å². The molecule has 2 aromatic carbocycles. The van der Waals surface area contributed by atoms with E-state index in [1.165, 1.54) is 11.3 Å². The molecular weight excluding hydrogens is 330 g/mol. The van der Waals surface area contributed by atoms with Gasteiger partial charge >= 0.3 is 0 Å². The van der Waals surface area contributed by atoms with Crippen LogP contribution in [0.5, 0.6) is 5.75 Å². The van der Waals surface area contributed by atoms with Gasteiger partial charge in [-0.25, -0.2) is 0 Å². The lowest BCUT2D eigenvalue weighted by Gasteiger charge is -2.24. The van der Waals surface area contributed by atoms with E-state index in [4.69, 9.17) is 17.0 Å². The summed E-state index contributed by atoms with van der Waals surface area (Å²) in [7, 11) is 1.67. The summed E-state index contributed by atoms with van der Waals surface area (Å²) in [5, 5.41) is 7.16. The smallest absolute Gasteiger partial charge is 0.170 e. The number of nitrogens with zero attached hydrogens (tertiary/aromatic N) is 1. The second kappa shape index (κ2) is 9.28. The van der Waals surface area contributed by atoms with Crippen LogP contribution in [0.4, 0.5) is 11.4 Å². The number of nitrogens with one attached hydrogen (secondary N) is 2. The third-order valence-corrected chi connectivity index (χ3v) is 4.34. The van der Waals surface area contributed by atoms with Crippen LogP contribution < -0.4 is 20.3 Å². The van der Waals surface area contributed by atoms with Crippen molar-refractivity contribution in [3.05, 3.63) is 53.6 Å². The minimum absolute atomic E-state index is 0.633. The quantitative estimate of drug-likeness (QED) is 0.729. The van der Waals surface area contributed by atoms with E-state index in [0.29, 0.717) is 5.11 Å². The molecule has 0 aromatic heterocycles. The zero-order valence-corrected chi connectivity index (χ0v) is 16.2. The Morgan fingerprint density at radius 2 is 1.96 bits per heavy atom. The van der Waals surface area contributed by atoms with Crippen LogP contribution in [0.25, 0.3) is 0 Å². The fraction of sp³-hybridized carbons (Fsp3) is 0.350. The van der Waals surface area contributed by atoms with Crippen molar-refractivity contribution in [3.63, 3.8) is 0 Å². The molecule has 0 spiro atoms. The molecule has 0 radical (unpaired) electrons. The summed E-state index contributed by atoms with van der Waals surface area (Å²) in [5.41, 5.74) is 4.60. The zero-order chi connectivity index (χ0) is 18.2. The molecular formula is C20H27N3OS. The second-order valence-electron chi connectivity index (χ2n) is 5.98. The van der Waals surface area contributed by atoms with Crippen LogP contribution >= 0.6 is 12.2 Å². The average Bonchev–Trinajstić information content (AvgIpc) is 2.60. The SMILES string of the molecule is CCN(CCNC(=S)Nc1ccc(OC)cc1C)c1cccc(C)c1. The van der Waals surface area contributed by atoms with E-state index in [2.05, 4.69) is 53.6 Å². The number of thiocarbonyl (C=S) groups is 1. The van der Waals surface area contributed by atoms with Crippen molar-refractivity contribution in [2.24, 2.45) is 0 Å². The molecule has 25 heavy (non-hydrogen) atoms. The van der Waals surface area contributed by atoms with Gasteiger partial charge in [0.25, 0.3) is 0 Å². The summed E-state index contributed by atoms with van der Waals surface area (Å²) >= 11 is 5.41. The Morgan fingerprint density at radius 3 is 2.60 bits per heavy atom. The van der Waals surface area contributed by atoms with E-state index < -0.39 is 0 Å². The van der Waals surface area contributed by atoms with Crippen molar-refractivity contribution in [1.82, 2.24) is 5.32 Å². The number of anilines is 2. The molecule has 0 atom stereocenters. The number of methoxy groups -OCH3 is 1. The largest absolute Gasteiger partial charge is 0.497 e. The van der Waals surface area contributed by atoms with Crippen LogP contribution in [-0.2, 0) is 0 Å². The number of rotatable bonds is 7. The minimum atomic E-state index is 0.633. The number of likely N-dealkylation sites (N-methyl/N-ethyl adjacent to an activating group) is 1. The first-order valence-corrected chi connectivity index (χ1v) is 8.95. The topological polar surface area (TPSA) is 36.5 Å². The van der Waals surface area contributed by atoms with Crippen molar-refractivity contribution in [3.8, 4) is 5.75 Å². The lowest BCUT2D eigenvalue weighted by molar-refractivity contribution is 0.414. The Labute approximate surface area is 156 Å². The third-order valence-electron chi connectivity index (χ3n) is 4.10. The van der Waals surface area contributed by atoms with E-state index in [1.807, 2.05) is 25.1 Å². The van der Waals surface area contributed by atoms with Crippen molar-refractivity contribution in [1.29, 1.82) is 0 Å². The highest BCUT2D eigenvalue weighted by molar-refractivity contribution is 7.80. The van der Waals surface area contributed by atoms with E-state index in [1.54, 1.807) is 7.11 Å². The molecule has 0 aliphatic heterocycles. The summed E-state index contributed by atoms with van der Waals surface area (Å²) in [6.07, 6.45) is 0. The molecule has 134 valence electrons. The molecule has 0 fully saturated rings. The molecule has 4 nitrogen and oxygen atoms in total. The lowest BCUT2D eigenvalue weighted by atomic mass is 10.2. The van der Waals surface area contributed by atoms with Gasteiger partial charge in [0.05, 0.1) is 7.11 Å². The van der Waals surface area contributed by atoms with Crippen molar-refractivity contribution in [2.45, 2.75) is 20.8 Å². The fourth-order valence-electron chi connectivity index (χ4n) is 2.67. The molecule has 5 heteroatoms. The van der Waals surface area contributed by atoms with Gasteiger partial charge in [-0.05, 0) is 74.4 Å². The van der Waals surface area contributed by atoms with Gasteiger partial charge in [0, 0.05) is 31.0 Å². The van der Waals surface area contributed by atoms with Crippen LogP contribution in [0, 0.1) is 13.8 Å². The summed E-state index contributed by atoms with van der Waals surface area (Å²) in [5.74, 6) is 0.846. The first-order chi connectivity index (χ1) is 12.0. The average molecular weight is 358 g/mol. The van der Waals surface area contributed by atoms with E-state index in [0.717, 1.165) is 36.6 Å². The van der Waals surface area contributed by atoms with Crippen LogP contribution in [0.1, 0.15) is 18.1 Å². The molecule has 0 amide bonds. The van der Waals surface area contributed by atoms with Gasteiger partial charge < -0.3 is 20.3 Å². The lowest BCUT2D eigenvalue weighted by Crippen LogP contribution is -2.37. The fourth-order valence-corrected chi connectivity index (χ4v) is 2.88. The highest BCUT2D eigenvalue weighted by Crippen LogP contribution is 2.21. The zero-order valence-electron chi connectivity index (χ0n) is 15.4. The van der Waals surface area contributed by atoms with Gasteiger partial charge in [0.1, 0.15) is 5.75 Å². The molecule has 0 bridgehead atoms. The molecule has 2 rings (SSSR count). The van der Waals surface area contributed by atoms with Crippen molar-refractivity contribution < 1.29 is 4.74 Å². The van der Waals surface area contributed by atoms with Crippen molar-refractivity contribution >= 4 is 28.7 Å². The van der Waals surface area contributed by atoms with Crippen molar-refractivity contribution in [2.75, 3.05) is 37.0 Å².